The Hall–Kier alpha value is -1.43. The average molecular weight is 325 g/mol. The number of hydrogen-bond donors (Lipinski definition) is 1. The SMILES string of the molecule is CCCc1nc(-c2cncn2CCC)[nH]c(=O)c1Br. The van der Waals surface area contributed by atoms with E-state index in [1.54, 1.807) is 12.5 Å². The van der Waals surface area contributed by atoms with E-state index in [1.807, 2.05) is 4.57 Å². The highest BCUT2D eigenvalue weighted by atomic mass is 79.9. The molecule has 0 unspecified atom stereocenters. The average Bonchev–Trinajstić information content (AvgIpc) is 2.84. The summed E-state index contributed by atoms with van der Waals surface area (Å²) < 4.78 is 2.53. The van der Waals surface area contributed by atoms with Crippen LogP contribution in [0.1, 0.15) is 32.4 Å². The second kappa shape index (κ2) is 6.14. The van der Waals surface area contributed by atoms with Crippen molar-refractivity contribution in [2.24, 2.45) is 0 Å². The Kier molecular flexibility index (Phi) is 4.52. The highest BCUT2D eigenvalue weighted by Gasteiger charge is 2.12. The van der Waals surface area contributed by atoms with Crippen molar-refractivity contribution in [3.05, 3.63) is 33.0 Å². The van der Waals surface area contributed by atoms with Gasteiger partial charge < -0.3 is 9.55 Å². The molecule has 5 nitrogen and oxygen atoms in total. The van der Waals surface area contributed by atoms with Crippen molar-refractivity contribution < 1.29 is 0 Å². The smallest absolute Gasteiger partial charge is 0.265 e. The molecule has 19 heavy (non-hydrogen) atoms. The van der Waals surface area contributed by atoms with Gasteiger partial charge in [-0.05, 0) is 28.8 Å². The third-order valence-electron chi connectivity index (χ3n) is 2.84. The molecule has 0 aromatic carbocycles. The molecule has 2 heterocycles. The van der Waals surface area contributed by atoms with Crippen LogP contribution < -0.4 is 5.56 Å². The Balaban J connectivity index is 2.50. The third kappa shape index (κ3) is 2.94. The number of rotatable bonds is 5. The summed E-state index contributed by atoms with van der Waals surface area (Å²) in [6, 6.07) is 0. The molecule has 102 valence electrons. The largest absolute Gasteiger partial charge is 0.328 e. The zero-order chi connectivity index (χ0) is 13.8. The lowest BCUT2D eigenvalue weighted by atomic mass is 10.2. The fourth-order valence-electron chi connectivity index (χ4n) is 1.97. The Morgan fingerprint density at radius 1 is 1.37 bits per heavy atom. The fourth-order valence-corrected chi connectivity index (χ4v) is 2.35. The fraction of sp³-hybridized carbons (Fsp3) is 0.462. The molecular weight excluding hydrogens is 308 g/mol. The minimum Gasteiger partial charge on any atom is -0.328 e. The number of imidazole rings is 1. The molecule has 0 aliphatic heterocycles. The molecule has 0 saturated heterocycles. The highest BCUT2D eigenvalue weighted by Crippen LogP contribution is 2.18. The van der Waals surface area contributed by atoms with E-state index in [0.717, 1.165) is 37.2 Å². The highest BCUT2D eigenvalue weighted by molar-refractivity contribution is 9.10. The lowest BCUT2D eigenvalue weighted by Crippen LogP contribution is -2.15. The molecule has 6 heteroatoms. The molecule has 0 amide bonds. The Morgan fingerprint density at radius 2 is 2.16 bits per heavy atom. The van der Waals surface area contributed by atoms with Crippen molar-refractivity contribution >= 4 is 15.9 Å². The van der Waals surface area contributed by atoms with Gasteiger partial charge in [0, 0.05) is 6.54 Å². The van der Waals surface area contributed by atoms with Crippen molar-refractivity contribution in [3.8, 4) is 11.5 Å². The first-order valence-electron chi connectivity index (χ1n) is 6.46. The number of aromatic nitrogens is 4. The second-order valence-electron chi connectivity index (χ2n) is 4.40. The summed E-state index contributed by atoms with van der Waals surface area (Å²) in [5.41, 5.74) is 1.51. The van der Waals surface area contributed by atoms with Crippen molar-refractivity contribution in [2.45, 2.75) is 39.7 Å². The molecule has 0 aliphatic rings. The summed E-state index contributed by atoms with van der Waals surface area (Å²) in [5.74, 6) is 0.586. The monoisotopic (exact) mass is 324 g/mol. The van der Waals surface area contributed by atoms with Gasteiger partial charge in [0.25, 0.3) is 5.56 Å². The first-order valence-corrected chi connectivity index (χ1v) is 7.25. The van der Waals surface area contributed by atoms with E-state index in [4.69, 9.17) is 0 Å². The van der Waals surface area contributed by atoms with Gasteiger partial charge in [0.15, 0.2) is 5.82 Å². The van der Waals surface area contributed by atoms with Gasteiger partial charge in [-0.15, -0.1) is 0 Å². The van der Waals surface area contributed by atoms with Crippen LogP contribution in [-0.4, -0.2) is 19.5 Å². The molecule has 0 fully saturated rings. The van der Waals surface area contributed by atoms with Gasteiger partial charge in [-0.2, -0.15) is 0 Å². The maximum atomic E-state index is 11.9. The van der Waals surface area contributed by atoms with Crippen LogP contribution in [0, 0.1) is 0 Å². The molecular formula is C13H17BrN4O. The molecule has 0 atom stereocenters. The summed E-state index contributed by atoms with van der Waals surface area (Å²) in [5, 5.41) is 0. The zero-order valence-corrected chi connectivity index (χ0v) is 12.7. The second-order valence-corrected chi connectivity index (χ2v) is 5.19. The molecule has 0 saturated carbocycles. The van der Waals surface area contributed by atoms with Crippen molar-refractivity contribution in [1.82, 2.24) is 19.5 Å². The van der Waals surface area contributed by atoms with Crippen LogP contribution in [0.15, 0.2) is 21.8 Å². The molecule has 2 aromatic rings. The lowest BCUT2D eigenvalue weighted by molar-refractivity contribution is 0.680. The Morgan fingerprint density at radius 3 is 2.84 bits per heavy atom. The van der Waals surface area contributed by atoms with E-state index in [2.05, 4.69) is 44.7 Å². The van der Waals surface area contributed by atoms with E-state index in [9.17, 15) is 4.79 Å². The predicted octanol–water partition coefficient (Wildman–Crippen LogP) is 2.76. The van der Waals surface area contributed by atoms with Crippen LogP contribution in [0.3, 0.4) is 0 Å². The van der Waals surface area contributed by atoms with Crippen LogP contribution in [0.25, 0.3) is 11.5 Å². The van der Waals surface area contributed by atoms with E-state index in [-0.39, 0.29) is 5.56 Å². The molecule has 0 radical (unpaired) electrons. The van der Waals surface area contributed by atoms with Gasteiger partial charge in [-0.3, -0.25) is 4.79 Å². The molecule has 2 aromatic heterocycles. The van der Waals surface area contributed by atoms with Crippen molar-refractivity contribution in [2.75, 3.05) is 0 Å². The lowest BCUT2D eigenvalue weighted by Gasteiger charge is -2.08. The van der Waals surface area contributed by atoms with Gasteiger partial charge >= 0.3 is 0 Å². The maximum Gasteiger partial charge on any atom is 0.265 e. The quantitative estimate of drug-likeness (QED) is 0.919. The molecule has 0 spiro atoms. The molecule has 0 bridgehead atoms. The number of H-pyrrole nitrogens is 1. The van der Waals surface area contributed by atoms with Gasteiger partial charge in [-0.25, -0.2) is 9.97 Å². The van der Waals surface area contributed by atoms with E-state index in [0.29, 0.717) is 10.3 Å². The van der Waals surface area contributed by atoms with Crippen LogP contribution >= 0.6 is 15.9 Å². The topological polar surface area (TPSA) is 63.6 Å². The van der Waals surface area contributed by atoms with Crippen LogP contribution in [0.4, 0.5) is 0 Å². The summed E-state index contributed by atoms with van der Waals surface area (Å²) in [6.45, 7) is 5.03. The Labute approximate surface area is 120 Å². The number of aryl methyl sites for hydroxylation is 2. The first-order chi connectivity index (χ1) is 9.17. The van der Waals surface area contributed by atoms with Crippen LogP contribution in [0.2, 0.25) is 0 Å². The summed E-state index contributed by atoms with van der Waals surface area (Å²) in [7, 11) is 0. The van der Waals surface area contributed by atoms with Crippen LogP contribution in [0.5, 0.6) is 0 Å². The van der Waals surface area contributed by atoms with Gasteiger partial charge in [0.1, 0.15) is 10.2 Å². The van der Waals surface area contributed by atoms with Gasteiger partial charge in [0.2, 0.25) is 0 Å². The predicted molar refractivity (Wildman–Crippen MR) is 78.1 cm³/mol. The first kappa shape index (κ1) is 14.0. The Bertz CT molecular complexity index is 617. The normalized spacial score (nSPS) is 10.9. The number of aromatic amines is 1. The van der Waals surface area contributed by atoms with Crippen molar-refractivity contribution in [3.63, 3.8) is 0 Å². The minimum absolute atomic E-state index is 0.141. The number of nitrogens with zero attached hydrogens (tertiary/aromatic N) is 3. The molecule has 1 N–H and O–H groups in total. The summed E-state index contributed by atoms with van der Waals surface area (Å²) in [6.07, 6.45) is 6.23. The number of halogens is 1. The van der Waals surface area contributed by atoms with Gasteiger partial charge in [-0.1, -0.05) is 20.3 Å². The summed E-state index contributed by atoms with van der Waals surface area (Å²) in [4.78, 5) is 23.4. The summed E-state index contributed by atoms with van der Waals surface area (Å²) >= 11 is 3.30. The van der Waals surface area contributed by atoms with Crippen molar-refractivity contribution in [1.29, 1.82) is 0 Å². The van der Waals surface area contributed by atoms with E-state index >= 15 is 0 Å². The van der Waals surface area contributed by atoms with E-state index < -0.39 is 0 Å². The zero-order valence-electron chi connectivity index (χ0n) is 11.1. The number of nitrogens with one attached hydrogen (secondary N) is 1. The molecule has 0 aliphatic carbocycles. The molecule has 2 rings (SSSR count). The minimum atomic E-state index is -0.141. The number of hydrogen-bond acceptors (Lipinski definition) is 3. The van der Waals surface area contributed by atoms with E-state index in [1.165, 1.54) is 0 Å². The third-order valence-corrected chi connectivity index (χ3v) is 3.66. The standard InChI is InChI=1S/C13H17BrN4O/c1-3-5-9-11(14)13(19)17-12(16-9)10-7-15-8-18(10)6-4-2/h7-8H,3-6H2,1-2H3,(H,16,17,19). The van der Waals surface area contributed by atoms with Gasteiger partial charge in [0.05, 0.1) is 18.2 Å². The van der Waals surface area contributed by atoms with Crippen LogP contribution in [-0.2, 0) is 13.0 Å². The maximum absolute atomic E-state index is 11.9.